The topological polar surface area (TPSA) is 113 Å². The zero-order valence-electron chi connectivity index (χ0n) is 16.3. The first-order chi connectivity index (χ1) is 13.6. The van der Waals surface area contributed by atoms with Crippen LogP contribution in [0.2, 0.25) is 0 Å². The molecule has 8 nitrogen and oxygen atoms in total. The van der Waals surface area contributed by atoms with Gasteiger partial charge in [0.15, 0.2) is 0 Å². The van der Waals surface area contributed by atoms with Crippen LogP contribution in [0.25, 0.3) is 0 Å². The van der Waals surface area contributed by atoms with Crippen molar-refractivity contribution in [3.63, 3.8) is 0 Å². The van der Waals surface area contributed by atoms with E-state index in [4.69, 9.17) is 5.14 Å². The average Bonchev–Trinajstić information content (AvgIpc) is 3.02. The first kappa shape index (κ1) is 20.8. The molecule has 0 unspecified atom stereocenters. The lowest BCUT2D eigenvalue weighted by atomic mass is 10.0. The molecule has 1 heterocycles. The Balaban J connectivity index is 1.59. The summed E-state index contributed by atoms with van der Waals surface area (Å²) in [5.74, 6) is 0.0521. The van der Waals surface area contributed by atoms with Crippen molar-refractivity contribution in [1.29, 1.82) is 0 Å². The van der Waals surface area contributed by atoms with Crippen molar-refractivity contribution in [1.82, 2.24) is 4.90 Å². The molecule has 0 aromatic heterocycles. The molecular weight excluding hydrogens is 392 g/mol. The molecule has 0 atom stereocenters. The van der Waals surface area contributed by atoms with Gasteiger partial charge in [-0.25, -0.2) is 18.4 Å². The summed E-state index contributed by atoms with van der Waals surface area (Å²) in [5, 5.41) is 7.71. The minimum absolute atomic E-state index is 0.0376. The molecule has 1 aliphatic heterocycles. The van der Waals surface area contributed by atoms with Gasteiger partial charge in [0.05, 0.1) is 4.90 Å². The third kappa shape index (κ3) is 4.93. The molecule has 1 aliphatic rings. The summed E-state index contributed by atoms with van der Waals surface area (Å²) >= 11 is 0. The number of rotatable bonds is 6. The summed E-state index contributed by atoms with van der Waals surface area (Å²) in [6, 6.07) is 13.2. The molecule has 29 heavy (non-hydrogen) atoms. The van der Waals surface area contributed by atoms with E-state index in [1.54, 1.807) is 4.90 Å². The van der Waals surface area contributed by atoms with Gasteiger partial charge < -0.3 is 10.2 Å². The Kier molecular flexibility index (Phi) is 5.90. The monoisotopic (exact) mass is 416 g/mol. The molecule has 1 saturated heterocycles. The Labute approximate surface area is 170 Å². The van der Waals surface area contributed by atoms with Crippen LogP contribution in [0.4, 0.5) is 16.2 Å². The number of nitrogens with one attached hydrogen (secondary N) is 1. The molecule has 3 rings (SSSR count). The summed E-state index contributed by atoms with van der Waals surface area (Å²) in [5.41, 5.74) is 2.43. The molecule has 9 heteroatoms. The van der Waals surface area contributed by atoms with Gasteiger partial charge >= 0.3 is 6.03 Å². The maximum absolute atomic E-state index is 12.7. The van der Waals surface area contributed by atoms with E-state index in [1.807, 2.05) is 24.3 Å². The minimum Gasteiger partial charge on any atom is -0.325 e. The summed E-state index contributed by atoms with van der Waals surface area (Å²) in [6.45, 7) is 5.09. The number of nitrogens with two attached hydrogens (primary N) is 1. The zero-order valence-corrected chi connectivity index (χ0v) is 17.1. The highest BCUT2D eigenvalue weighted by molar-refractivity contribution is 7.89. The van der Waals surface area contributed by atoms with Crippen molar-refractivity contribution in [3.05, 3.63) is 54.1 Å². The van der Waals surface area contributed by atoms with Crippen molar-refractivity contribution >= 4 is 33.3 Å². The Morgan fingerprint density at radius 1 is 1.07 bits per heavy atom. The van der Waals surface area contributed by atoms with Crippen molar-refractivity contribution < 1.29 is 18.0 Å². The van der Waals surface area contributed by atoms with E-state index < -0.39 is 10.0 Å². The first-order valence-corrected chi connectivity index (χ1v) is 10.8. The van der Waals surface area contributed by atoms with Crippen LogP contribution in [-0.2, 0) is 14.8 Å². The van der Waals surface area contributed by atoms with Crippen molar-refractivity contribution in [2.45, 2.75) is 24.7 Å². The quantitative estimate of drug-likeness (QED) is 0.752. The van der Waals surface area contributed by atoms with Crippen LogP contribution in [0.3, 0.4) is 0 Å². The number of sulfonamides is 1. The summed E-state index contributed by atoms with van der Waals surface area (Å²) in [4.78, 5) is 28.0. The van der Waals surface area contributed by atoms with Crippen LogP contribution >= 0.6 is 0 Å². The summed E-state index contributed by atoms with van der Waals surface area (Å²) in [7, 11) is -3.79. The van der Waals surface area contributed by atoms with Crippen LogP contribution < -0.4 is 15.4 Å². The number of nitrogens with zero attached hydrogens (tertiary/aromatic N) is 2. The smallest absolute Gasteiger partial charge is 0.325 e. The molecule has 0 radical (unpaired) electrons. The highest BCUT2D eigenvalue weighted by atomic mass is 32.2. The van der Waals surface area contributed by atoms with Crippen molar-refractivity contribution in [3.8, 4) is 0 Å². The number of primary sulfonamides is 1. The number of carbonyl (C=O) groups excluding carboxylic acids is 2. The van der Waals surface area contributed by atoms with Gasteiger partial charge in [-0.15, -0.1) is 0 Å². The Hall–Kier alpha value is -2.91. The fourth-order valence-electron chi connectivity index (χ4n) is 3.11. The lowest BCUT2D eigenvalue weighted by Crippen LogP contribution is -2.37. The van der Waals surface area contributed by atoms with Gasteiger partial charge in [-0.05, 0) is 47.9 Å². The third-order valence-corrected chi connectivity index (χ3v) is 5.70. The summed E-state index contributed by atoms with van der Waals surface area (Å²) < 4.78 is 22.5. The molecular formula is C20H24N4O4S. The molecule has 1 fully saturated rings. The molecule has 3 N–H and O–H groups in total. The number of hydrogen-bond acceptors (Lipinski definition) is 4. The highest BCUT2D eigenvalue weighted by Crippen LogP contribution is 2.23. The van der Waals surface area contributed by atoms with Gasteiger partial charge in [0.25, 0.3) is 0 Å². The van der Waals surface area contributed by atoms with Crippen LogP contribution in [0, 0.1) is 0 Å². The maximum atomic E-state index is 12.7. The van der Waals surface area contributed by atoms with E-state index in [-0.39, 0.29) is 23.4 Å². The fourth-order valence-corrected chi connectivity index (χ4v) is 3.63. The van der Waals surface area contributed by atoms with Gasteiger partial charge in [-0.2, -0.15) is 0 Å². The minimum atomic E-state index is -3.79. The maximum Gasteiger partial charge on any atom is 0.325 e. The highest BCUT2D eigenvalue weighted by Gasteiger charge is 2.30. The van der Waals surface area contributed by atoms with E-state index in [1.165, 1.54) is 34.7 Å². The van der Waals surface area contributed by atoms with Gasteiger partial charge in [0.2, 0.25) is 15.9 Å². The Morgan fingerprint density at radius 2 is 1.69 bits per heavy atom. The number of urea groups is 1. The van der Waals surface area contributed by atoms with E-state index in [9.17, 15) is 18.0 Å². The predicted octanol–water partition coefficient (Wildman–Crippen LogP) is 2.34. The van der Waals surface area contributed by atoms with Crippen LogP contribution in [0.15, 0.2) is 53.4 Å². The van der Waals surface area contributed by atoms with Crippen molar-refractivity contribution in [2.75, 3.05) is 29.9 Å². The molecule has 0 aliphatic carbocycles. The van der Waals surface area contributed by atoms with Gasteiger partial charge in [0.1, 0.15) is 6.54 Å². The molecule has 0 spiro atoms. The lowest BCUT2D eigenvalue weighted by Gasteiger charge is -2.19. The number of hydrogen-bond donors (Lipinski definition) is 2. The normalized spacial score (nSPS) is 14.6. The second kappa shape index (κ2) is 8.22. The largest absolute Gasteiger partial charge is 0.325 e. The number of anilines is 2. The average molecular weight is 417 g/mol. The molecule has 2 aromatic rings. The second-order valence-corrected chi connectivity index (χ2v) is 8.78. The van der Waals surface area contributed by atoms with E-state index in [0.29, 0.717) is 24.7 Å². The first-order valence-electron chi connectivity index (χ1n) is 9.24. The Morgan fingerprint density at radius 3 is 2.24 bits per heavy atom. The molecule has 0 bridgehead atoms. The van der Waals surface area contributed by atoms with E-state index >= 15 is 0 Å². The van der Waals surface area contributed by atoms with Crippen molar-refractivity contribution in [2.24, 2.45) is 5.14 Å². The number of amides is 3. The molecule has 154 valence electrons. The van der Waals surface area contributed by atoms with Crippen LogP contribution in [-0.4, -0.2) is 44.9 Å². The summed E-state index contributed by atoms with van der Waals surface area (Å²) in [6.07, 6.45) is 0. The molecule has 0 saturated carbocycles. The number of benzene rings is 2. The van der Waals surface area contributed by atoms with E-state index in [2.05, 4.69) is 19.2 Å². The molecule has 2 aromatic carbocycles. The van der Waals surface area contributed by atoms with Gasteiger partial charge in [-0.1, -0.05) is 26.0 Å². The fraction of sp³-hybridized carbons (Fsp3) is 0.300. The second-order valence-electron chi connectivity index (χ2n) is 7.22. The predicted molar refractivity (Wildman–Crippen MR) is 111 cm³/mol. The standard InChI is InChI=1S/C20H24N4O4S/c1-14(2)15-3-7-17(8-4-15)24-12-11-23(20(24)26)13-19(25)22-16-5-9-18(10-6-16)29(21,27)28/h3-10,14H,11-13H2,1-2H3,(H,22,25)(H2,21,27,28). The zero-order chi connectivity index (χ0) is 21.2. The van der Waals surface area contributed by atoms with Gasteiger partial charge in [0, 0.05) is 24.5 Å². The van der Waals surface area contributed by atoms with Crippen LogP contribution in [0.5, 0.6) is 0 Å². The lowest BCUT2D eigenvalue weighted by molar-refractivity contribution is -0.116. The molecule has 3 amide bonds. The SMILES string of the molecule is CC(C)c1ccc(N2CCN(CC(=O)Nc3ccc(S(N)(=O)=O)cc3)C2=O)cc1. The third-order valence-electron chi connectivity index (χ3n) is 4.77. The van der Waals surface area contributed by atoms with Gasteiger partial charge in [-0.3, -0.25) is 9.69 Å². The Bertz CT molecular complexity index is 1000. The number of carbonyl (C=O) groups is 2. The van der Waals surface area contributed by atoms with Crippen LogP contribution in [0.1, 0.15) is 25.3 Å². The van der Waals surface area contributed by atoms with E-state index in [0.717, 1.165) is 5.69 Å².